The van der Waals surface area contributed by atoms with Gasteiger partial charge in [0.1, 0.15) is 6.04 Å². The van der Waals surface area contributed by atoms with E-state index in [2.05, 4.69) is 23.5 Å². The van der Waals surface area contributed by atoms with Crippen molar-refractivity contribution >= 4 is 28.9 Å². The summed E-state index contributed by atoms with van der Waals surface area (Å²) in [5, 5.41) is 6.87. The Balaban J connectivity index is 1.69. The zero-order chi connectivity index (χ0) is 19.8. The van der Waals surface area contributed by atoms with Crippen LogP contribution < -0.4 is 10.6 Å². The Bertz CT molecular complexity index is 911. The van der Waals surface area contributed by atoms with Crippen LogP contribution in [0.3, 0.4) is 0 Å². The van der Waals surface area contributed by atoms with Crippen LogP contribution in [-0.2, 0) is 9.53 Å². The van der Waals surface area contributed by atoms with Crippen molar-refractivity contribution in [1.82, 2.24) is 0 Å². The molecule has 0 aliphatic heterocycles. The molecule has 0 aliphatic carbocycles. The van der Waals surface area contributed by atoms with E-state index in [-0.39, 0.29) is 25.1 Å². The Labute approximate surface area is 168 Å². The highest BCUT2D eigenvalue weighted by atomic mass is 32.1. The molecule has 1 aromatic heterocycles. The van der Waals surface area contributed by atoms with Crippen LogP contribution in [0.4, 0.5) is 5.69 Å². The lowest BCUT2D eigenvalue weighted by molar-refractivity contribution is -0.675. The van der Waals surface area contributed by atoms with Gasteiger partial charge in [-0.25, -0.2) is 4.79 Å². The van der Waals surface area contributed by atoms with Gasteiger partial charge in [0.2, 0.25) is 0 Å². The van der Waals surface area contributed by atoms with Crippen molar-refractivity contribution < 1.29 is 19.6 Å². The molecule has 0 aliphatic rings. The fourth-order valence-electron chi connectivity index (χ4n) is 2.95. The van der Waals surface area contributed by atoms with E-state index in [4.69, 9.17) is 4.74 Å². The Morgan fingerprint density at radius 1 is 1.04 bits per heavy atom. The van der Waals surface area contributed by atoms with Crippen LogP contribution in [0.1, 0.15) is 33.8 Å². The average Bonchev–Trinajstić information content (AvgIpc) is 3.24. The molecule has 1 heterocycles. The van der Waals surface area contributed by atoms with E-state index >= 15 is 0 Å². The average molecular weight is 396 g/mol. The minimum absolute atomic E-state index is 0.0484. The van der Waals surface area contributed by atoms with Gasteiger partial charge in [0.15, 0.2) is 6.54 Å². The molecule has 0 fully saturated rings. The van der Waals surface area contributed by atoms with E-state index in [1.54, 1.807) is 42.5 Å². The number of anilines is 1. The van der Waals surface area contributed by atoms with E-state index in [0.29, 0.717) is 11.3 Å². The SMILES string of the molecule is CCOC(=O)c1ccccc1NC(=O)C[NH2+][C@H](c1ccccc1)c1cccs1. The van der Waals surface area contributed by atoms with Crippen molar-refractivity contribution in [2.75, 3.05) is 18.5 Å². The summed E-state index contributed by atoms with van der Waals surface area (Å²) >= 11 is 1.67. The maximum atomic E-state index is 12.6. The number of nitrogens with one attached hydrogen (secondary N) is 1. The van der Waals surface area contributed by atoms with E-state index < -0.39 is 5.97 Å². The first-order chi connectivity index (χ1) is 13.7. The maximum Gasteiger partial charge on any atom is 0.340 e. The van der Waals surface area contributed by atoms with Gasteiger partial charge in [-0.3, -0.25) is 4.79 Å². The van der Waals surface area contributed by atoms with Gasteiger partial charge in [0, 0.05) is 5.56 Å². The van der Waals surface area contributed by atoms with Crippen molar-refractivity contribution in [1.29, 1.82) is 0 Å². The monoisotopic (exact) mass is 395 g/mol. The van der Waals surface area contributed by atoms with Gasteiger partial charge in [-0.2, -0.15) is 0 Å². The van der Waals surface area contributed by atoms with Crippen molar-refractivity contribution in [2.45, 2.75) is 13.0 Å². The second kappa shape index (κ2) is 9.82. The van der Waals surface area contributed by atoms with Crippen molar-refractivity contribution in [3.05, 3.63) is 88.1 Å². The number of nitrogens with two attached hydrogens (primary N) is 1. The Morgan fingerprint density at radius 2 is 1.79 bits per heavy atom. The topological polar surface area (TPSA) is 72.0 Å². The molecule has 0 spiro atoms. The van der Waals surface area contributed by atoms with Gasteiger partial charge >= 0.3 is 5.97 Å². The third kappa shape index (κ3) is 5.06. The minimum Gasteiger partial charge on any atom is -0.462 e. The van der Waals surface area contributed by atoms with Crippen molar-refractivity contribution in [3.8, 4) is 0 Å². The molecule has 2 aromatic carbocycles. The molecule has 1 atom stereocenters. The third-order valence-corrected chi connectivity index (χ3v) is 5.20. The van der Waals surface area contributed by atoms with Crippen LogP contribution >= 0.6 is 11.3 Å². The zero-order valence-electron chi connectivity index (χ0n) is 15.6. The van der Waals surface area contributed by atoms with Gasteiger partial charge in [-0.05, 0) is 30.5 Å². The summed E-state index contributed by atoms with van der Waals surface area (Å²) in [6.07, 6.45) is 0. The van der Waals surface area contributed by atoms with Crippen LogP contribution in [0.15, 0.2) is 72.1 Å². The molecule has 1 amide bonds. The van der Waals surface area contributed by atoms with E-state index in [9.17, 15) is 9.59 Å². The van der Waals surface area contributed by atoms with Gasteiger partial charge in [0.25, 0.3) is 5.91 Å². The van der Waals surface area contributed by atoms with E-state index in [1.165, 1.54) is 4.88 Å². The molecular weight excluding hydrogens is 372 g/mol. The standard InChI is InChI=1S/C22H22N2O3S/c1-2-27-22(26)17-11-6-7-12-18(17)24-20(25)15-23-21(19-13-8-14-28-19)16-9-4-3-5-10-16/h3-14,21,23H,2,15H2,1H3,(H,24,25)/p+1/t21-/m1/s1. The third-order valence-electron chi connectivity index (χ3n) is 4.24. The second-order valence-electron chi connectivity index (χ2n) is 6.16. The van der Waals surface area contributed by atoms with Gasteiger partial charge < -0.3 is 15.4 Å². The Hall–Kier alpha value is -2.96. The summed E-state index contributed by atoms with van der Waals surface area (Å²) in [6.45, 7) is 2.27. The largest absolute Gasteiger partial charge is 0.462 e. The molecule has 144 valence electrons. The first kappa shape index (κ1) is 19.8. The Morgan fingerprint density at radius 3 is 2.50 bits per heavy atom. The maximum absolute atomic E-state index is 12.6. The van der Waals surface area contributed by atoms with Crippen LogP contribution in [0.2, 0.25) is 0 Å². The molecule has 0 radical (unpaired) electrons. The summed E-state index contributed by atoms with van der Waals surface area (Å²) in [4.78, 5) is 25.8. The summed E-state index contributed by atoms with van der Waals surface area (Å²) in [5.41, 5.74) is 1.96. The minimum atomic E-state index is -0.442. The fraction of sp³-hybridized carbons (Fsp3) is 0.182. The number of hydrogen-bond acceptors (Lipinski definition) is 4. The highest BCUT2D eigenvalue weighted by Gasteiger charge is 2.21. The molecular formula is C22H23N2O3S+. The number of esters is 1. The van der Waals surface area contributed by atoms with E-state index in [0.717, 1.165) is 5.56 Å². The van der Waals surface area contributed by atoms with Crippen LogP contribution in [-0.4, -0.2) is 25.0 Å². The number of hydrogen-bond donors (Lipinski definition) is 2. The fourth-order valence-corrected chi connectivity index (χ4v) is 3.80. The molecule has 3 rings (SSSR count). The van der Waals surface area contributed by atoms with Crippen LogP contribution in [0.5, 0.6) is 0 Å². The summed E-state index contributed by atoms with van der Waals surface area (Å²) in [5.74, 6) is -0.614. The molecule has 28 heavy (non-hydrogen) atoms. The molecule has 0 saturated heterocycles. The predicted octanol–water partition coefficient (Wildman–Crippen LogP) is 3.22. The molecule has 0 bridgehead atoms. The van der Waals surface area contributed by atoms with Gasteiger partial charge in [-0.15, -0.1) is 11.3 Å². The normalized spacial score (nSPS) is 11.6. The highest BCUT2D eigenvalue weighted by molar-refractivity contribution is 7.10. The molecule has 3 N–H and O–H groups in total. The predicted molar refractivity (Wildman–Crippen MR) is 110 cm³/mol. The van der Waals surface area contributed by atoms with Crippen LogP contribution in [0, 0.1) is 0 Å². The molecule has 5 nitrogen and oxygen atoms in total. The molecule has 6 heteroatoms. The molecule has 0 saturated carbocycles. The lowest BCUT2D eigenvalue weighted by Gasteiger charge is -2.15. The van der Waals surface area contributed by atoms with Crippen LogP contribution in [0.25, 0.3) is 0 Å². The Kier molecular flexibility index (Phi) is 6.94. The number of quaternary nitrogens is 1. The number of thiophene rings is 1. The summed E-state index contributed by atoms with van der Waals surface area (Å²) in [7, 11) is 0. The number of para-hydroxylation sites is 1. The summed E-state index contributed by atoms with van der Waals surface area (Å²) in [6, 6.07) is 21.1. The smallest absolute Gasteiger partial charge is 0.340 e. The lowest BCUT2D eigenvalue weighted by Crippen LogP contribution is -2.87. The highest BCUT2D eigenvalue weighted by Crippen LogP contribution is 2.22. The lowest BCUT2D eigenvalue weighted by atomic mass is 10.1. The number of rotatable bonds is 8. The first-order valence-corrected chi connectivity index (χ1v) is 10.0. The van der Waals surface area contributed by atoms with Gasteiger partial charge in [0.05, 0.1) is 22.7 Å². The van der Waals surface area contributed by atoms with Crippen molar-refractivity contribution in [2.24, 2.45) is 0 Å². The van der Waals surface area contributed by atoms with Crippen molar-refractivity contribution in [3.63, 3.8) is 0 Å². The second-order valence-corrected chi connectivity index (χ2v) is 7.14. The molecule has 0 unspecified atom stereocenters. The number of carbonyl (C=O) groups is 2. The number of amides is 1. The number of carbonyl (C=O) groups excluding carboxylic acids is 2. The quantitative estimate of drug-likeness (QED) is 0.575. The summed E-state index contributed by atoms with van der Waals surface area (Å²) < 4.78 is 5.06. The molecule has 3 aromatic rings. The van der Waals surface area contributed by atoms with Gasteiger partial charge in [-0.1, -0.05) is 48.5 Å². The number of ether oxygens (including phenoxy) is 1. The first-order valence-electron chi connectivity index (χ1n) is 9.16. The van der Waals surface area contributed by atoms with E-state index in [1.807, 2.05) is 35.0 Å². The zero-order valence-corrected chi connectivity index (χ0v) is 16.4. The number of benzene rings is 2.